The summed E-state index contributed by atoms with van der Waals surface area (Å²) < 4.78 is 5.28. The lowest BCUT2D eigenvalue weighted by atomic mass is 9.94. The predicted octanol–water partition coefficient (Wildman–Crippen LogP) is 2.85. The molecule has 18 heavy (non-hydrogen) atoms. The summed E-state index contributed by atoms with van der Waals surface area (Å²) in [7, 11) is 1.68. The topological polar surface area (TPSA) is 34.1 Å². The molecule has 1 fully saturated rings. The molecule has 1 heterocycles. The number of rotatable bonds is 5. The second-order valence-corrected chi connectivity index (χ2v) is 5.79. The summed E-state index contributed by atoms with van der Waals surface area (Å²) >= 11 is 1.99. The zero-order valence-corrected chi connectivity index (χ0v) is 12.0. The first-order valence-electron chi connectivity index (χ1n) is 6.59. The maximum Gasteiger partial charge on any atom is 0.217 e. The molecule has 2 atom stereocenters. The molecule has 1 aromatic rings. The minimum absolute atomic E-state index is 0.624. The standard InChI is InChI=1S/C14H22N2OS/c1-17-14-11(6-5-9-15-14)10-16-12-7-3-4-8-13(12)18-2/h5-6,9,12-13,16H,3-4,7-8,10H2,1-2H3. The second kappa shape index (κ2) is 7.00. The van der Waals surface area contributed by atoms with E-state index in [4.69, 9.17) is 4.74 Å². The van der Waals surface area contributed by atoms with E-state index in [2.05, 4.69) is 22.6 Å². The van der Waals surface area contributed by atoms with Crippen LogP contribution in [0.1, 0.15) is 31.2 Å². The van der Waals surface area contributed by atoms with Crippen molar-refractivity contribution in [1.29, 1.82) is 0 Å². The fraction of sp³-hybridized carbons (Fsp3) is 0.643. The third kappa shape index (κ3) is 3.39. The van der Waals surface area contributed by atoms with E-state index in [-0.39, 0.29) is 0 Å². The fourth-order valence-corrected chi connectivity index (χ4v) is 3.56. The molecule has 1 aliphatic rings. The van der Waals surface area contributed by atoms with Crippen molar-refractivity contribution in [3.05, 3.63) is 23.9 Å². The van der Waals surface area contributed by atoms with Crippen LogP contribution >= 0.6 is 11.8 Å². The Morgan fingerprint density at radius 1 is 1.44 bits per heavy atom. The van der Waals surface area contributed by atoms with Crippen molar-refractivity contribution < 1.29 is 4.74 Å². The van der Waals surface area contributed by atoms with Gasteiger partial charge in [0.15, 0.2) is 0 Å². The molecule has 1 N–H and O–H groups in total. The Morgan fingerprint density at radius 2 is 2.28 bits per heavy atom. The van der Waals surface area contributed by atoms with Gasteiger partial charge in [0.1, 0.15) is 0 Å². The highest BCUT2D eigenvalue weighted by atomic mass is 32.2. The summed E-state index contributed by atoms with van der Waals surface area (Å²) in [6.45, 7) is 0.846. The van der Waals surface area contributed by atoms with Crippen molar-refractivity contribution in [3.8, 4) is 5.88 Å². The number of thioether (sulfide) groups is 1. The SMILES string of the molecule is COc1ncccc1CNC1CCCCC1SC. The van der Waals surface area contributed by atoms with Gasteiger partial charge in [-0.1, -0.05) is 18.9 Å². The van der Waals surface area contributed by atoms with Gasteiger partial charge in [-0.25, -0.2) is 4.98 Å². The normalized spacial score (nSPS) is 23.9. The first-order valence-corrected chi connectivity index (χ1v) is 7.88. The number of hydrogen-bond donors (Lipinski definition) is 1. The van der Waals surface area contributed by atoms with Crippen LogP contribution in [0, 0.1) is 0 Å². The Labute approximate surface area is 114 Å². The van der Waals surface area contributed by atoms with Crippen molar-refractivity contribution >= 4 is 11.8 Å². The zero-order valence-electron chi connectivity index (χ0n) is 11.2. The lowest BCUT2D eigenvalue weighted by molar-refractivity contribution is 0.368. The van der Waals surface area contributed by atoms with Crippen LogP contribution in [-0.2, 0) is 6.54 Å². The van der Waals surface area contributed by atoms with Crippen molar-refractivity contribution in [3.63, 3.8) is 0 Å². The summed E-state index contributed by atoms with van der Waals surface area (Å²) in [6.07, 6.45) is 9.33. The van der Waals surface area contributed by atoms with E-state index in [9.17, 15) is 0 Å². The van der Waals surface area contributed by atoms with Gasteiger partial charge in [-0.3, -0.25) is 0 Å². The smallest absolute Gasteiger partial charge is 0.217 e. The van der Waals surface area contributed by atoms with E-state index in [0.717, 1.165) is 23.2 Å². The van der Waals surface area contributed by atoms with Crippen molar-refractivity contribution in [2.24, 2.45) is 0 Å². The molecule has 0 saturated heterocycles. The summed E-state index contributed by atoms with van der Waals surface area (Å²) in [6, 6.07) is 4.67. The Bertz CT molecular complexity index is 373. The van der Waals surface area contributed by atoms with Crippen LogP contribution < -0.4 is 10.1 Å². The monoisotopic (exact) mass is 266 g/mol. The highest BCUT2D eigenvalue weighted by Crippen LogP contribution is 2.27. The maximum absolute atomic E-state index is 5.28. The van der Waals surface area contributed by atoms with Gasteiger partial charge in [-0.15, -0.1) is 0 Å². The minimum atomic E-state index is 0.624. The molecule has 0 aromatic carbocycles. The van der Waals surface area contributed by atoms with Gasteiger partial charge >= 0.3 is 0 Å². The van der Waals surface area contributed by atoms with Crippen LogP contribution in [0.2, 0.25) is 0 Å². The number of ether oxygens (including phenoxy) is 1. The van der Waals surface area contributed by atoms with Crippen molar-refractivity contribution in [1.82, 2.24) is 10.3 Å². The lowest BCUT2D eigenvalue weighted by Gasteiger charge is -2.31. The van der Waals surface area contributed by atoms with Gasteiger partial charge in [0.2, 0.25) is 5.88 Å². The fourth-order valence-electron chi connectivity index (χ4n) is 2.60. The molecule has 3 nitrogen and oxygen atoms in total. The van der Waals surface area contributed by atoms with E-state index in [1.54, 1.807) is 13.3 Å². The molecule has 1 saturated carbocycles. The molecule has 0 amide bonds. The summed E-state index contributed by atoms with van der Waals surface area (Å²) in [4.78, 5) is 4.23. The summed E-state index contributed by atoms with van der Waals surface area (Å²) in [5, 5.41) is 4.42. The van der Waals surface area contributed by atoms with E-state index in [1.807, 2.05) is 17.8 Å². The number of nitrogens with one attached hydrogen (secondary N) is 1. The molecule has 2 unspecified atom stereocenters. The molecule has 1 aliphatic carbocycles. The predicted molar refractivity (Wildman–Crippen MR) is 77.2 cm³/mol. The van der Waals surface area contributed by atoms with Gasteiger partial charge < -0.3 is 10.1 Å². The Morgan fingerprint density at radius 3 is 3.06 bits per heavy atom. The molecule has 2 rings (SSSR count). The van der Waals surface area contributed by atoms with Gasteiger partial charge in [-0.2, -0.15) is 11.8 Å². The van der Waals surface area contributed by atoms with Crippen LogP contribution in [0.4, 0.5) is 0 Å². The Kier molecular flexibility index (Phi) is 5.32. The summed E-state index contributed by atoms with van der Waals surface area (Å²) in [5.41, 5.74) is 1.14. The van der Waals surface area contributed by atoms with E-state index in [1.165, 1.54) is 25.7 Å². The quantitative estimate of drug-likeness (QED) is 0.888. The van der Waals surface area contributed by atoms with Crippen LogP contribution in [0.15, 0.2) is 18.3 Å². The van der Waals surface area contributed by atoms with Gasteiger partial charge in [-0.05, 0) is 25.2 Å². The zero-order chi connectivity index (χ0) is 12.8. The highest BCUT2D eigenvalue weighted by molar-refractivity contribution is 7.99. The number of nitrogens with zero attached hydrogens (tertiary/aromatic N) is 1. The number of methoxy groups -OCH3 is 1. The molecule has 0 bridgehead atoms. The summed E-state index contributed by atoms with van der Waals surface area (Å²) in [5.74, 6) is 0.738. The lowest BCUT2D eigenvalue weighted by Crippen LogP contribution is -2.40. The highest BCUT2D eigenvalue weighted by Gasteiger charge is 2.23. The van der Waals surface area contributed by atoms with E-state index in [0.29, 0.717) is 6.04 Å². The molecule has 100 valence electrons. The minimum Gasteiger partial charge on any atom is -0.481 e. The maximum atomic E-state index is 5.28. The largest absolute Gasteiger partial charge is 0.481 e. The molecule has 0 spiro atoms. The van der Waals surface area contributed by atoms with Crippen LogP contribution in [-0.4, -0.2) is 29.6 Å². The number of hydrogen-bond acceptors (Lipinski definition) is 4. The molecule has 0 aliphatic heterocycles. The first-order chi connectivity index (χ1) is 8.85. The third-order valence-electron chi connectivity index (χ3n) is 3.60. The molecular formula is C14H22N2OS. The van der Waals surface area contributed by atoms with Gasteiger partial charge in [0.05, 0.1) is 7.11 Å². The number of pyridine rings is 1. The average molecular weight is 266 g/mol. The molecular weight excluding hydrogens is 244 g/mol. The van der Waals surface area contributed by atoms with E-state index >= 15 is 0 Å². The van der Waals surface area contributed by atoms with Crippen LogP contribution in [0.3, 0.4) is 0 Å². The van der Waals surface area contributed by atoms with Gasteiger partial charge in [0, 0.05) is 29.6 Å². The van der Waals surface area contributed by atoms with Gasteiger partial charge in [0.25, 0.3) is 0 Å². The molecule has 0 radical (unpaired) electrons. The molecule has 1 aromatic heterocycles. The average Bonchev–Trinajstić information content (AvgIpc) is 2.45. The van der Waals surface area contributed by atoms with Crippen molar-refractivity contribution in [2.45, 2.75) is 43.5 Å². The first kappa shape index (κ1) is 13.7. The second-order valence-electron chi connectivity index (χ2n) is 4.72. The van der Waals surface area contributed by atoms with Crippen LogP contribution in [0.25, 0.3) is 0 Å². The van der Waals surface area contributed by atoms with Crippen molar-refractivity contribution in [2.75, 3.05) is 13.4 Å². The number of aromatic nitrogens is 1. The Hall–Kier alpha value is -0.740. The van der Waals surface area contributed by atoms with Crippen LogP contribution in [0.5, 0.6) is 5.88 Å². The van der Waals surface area contributed by atoms with E-state index < -0.39 is 0 Å². The molecule has 4 heteroatoms. The third-order valence-corrected chi connectivity index (χ3v) is 4.77. The Balaban J connectivity index is 1.93.